The summed E-state index contributed by atoms with van der Waals surface area (Å²) in [7, 11) is 2.10. The van der Waals surface area contributed by atoms with Crippen LogP contribution in [-0.4, -0.2) is 48.8 Å². The molecule has 0 aromatic carbocycles. The van der Waals surface area contributed by atoms with Gasteiger partial charge in [0, 0.05) is 25.7 Å². The number of nitrogens with one attached hydrogen (secondary N) is 1. The van der Waals surface area contributed by atoms with Crippen LogP contribution in [0.25, 0.3) is 0 Å². The third kappa shape index (κ3) is 7.02. The molecule has 0 aromatic rings. The Labute approximate surface area is 108 Å². The molecule has 2 N–H and O–H groups in total. The van der Waals surface area contributed by atoms with Gasteiger partial charge in [0.1, 0.15) is 0 Å². The Hall–Kier alpha value is -0.120. The quantitative estimate of drug-likeness (QED) is 0.652. The average Bonchev–Trinajstić information content (AvgIpc) is 2.23. The van der Waals surface area contributed by atoms with Crippen molar-refractivity contribution in [2.24, 2.45) is 5.41 Å². The Morgan fingerprint density at radius 1 is 1.18 bits per heavy atom. The molecule has 0 spiro atoms. The molecule has 0 radical (unpaired) electrons. The summed E-state index contributed by atoms with van der Waals surface area (Å²) in [6.45, 7) is 13.6. The van der Waals surface area contributed by atoms with Crippen LogP contribution in [0.5, 0.6) is 0 Å². The van der Waals surface area contributed by atoms with Gasteiger partial charge in [-0.25, -0.2) is 0 Å². The maximum Gasteiger partial charge on any atom is 0.0638 e. The molecule has 0 saturated heterocycles. The minimum atomic E-state index is -0.246. The summed E-state index contributed by atoms with van der Waals surface area (Å²) in [5.74, 6) is 0. The lowest BCUT2D eigenvalue weighted by molar-refractivity contribution is 0.0976. The Kier molecular flexibility index (Phi) is 8.01. The van der Waals surface area contributed by atoms with Crippen LogP contribution in [0.3, 0.4) is 0 Å². The number of hydrogen-bond acceptors (Lipinski definition) is 3. The molecule has 0 fully saturated rings. The second-order valence-electron chi connectivity index (χ2n) is 5.79. The summed E-state index contributed by atoms with van der Waals surface area (Å²) in [4.78, 5) is 2.25. The fraction of sp³-hybridized carbons (Fsp3) is 1.00. The van der Waals surface area contributed by atoms with Gasteiger partial charge in [0.15, 0.2) is 0 Å². The minimum absolute atomic E-state index is 0.246. The van der Waals surface area contributed by atoms with Gasteiger partial charge in [-0.05, 0) is 32.2 Å². The van der Waals surface area contributed by atoms with Crippen LogP contribution in [0.15, 0.2) is 0 Å². The first-order chi connectivity index (χ1) is 7.85. The fourth-order valence-electron chi connectivity index (χ4n) is 2.29. The molecule has 0 heterocycles. The van der Waals surface area contributed by atoms with Crippen molar-refractivity contribution in [1.29, 1.82) is 0 Å². The zero-order valence-corrected chi connectivity index (χ0v) is 12.6. The lowest BCUT2D eigenvalue weighted by Gasteiger charge is -2.37. The first kappa shape index (κ1) is 16.9. The van der Waals surface area contributed by atoms with Crippen molar-refractivity contribution in [2.45, 2.75) is 59.6 Å². The monoisotopic (exact) mass is 244 g/mol. The lowest BCUT2D eigenvalue weighted by atomic mass is 9.81. The Balaban J connectivity index is 4.37. The average molecular weight is 244 g/mol. The zero-order valence-electron chi connectivity index (χ0n) is 12.6. The summed E-state index contributed by atoms with van der Waals surface area (Å²) in [5.41, 5.74) is 0.327. The van der Waals surface area contributed by atoms with Gasteiger partial charge in [-0.3, -0.25) is 0 Å². The normalized spacial score (nSPS) is 14.6. The molecule has 3 heteroatoms. The maximum absolute atomic E-state index is 9.43. The molecule has 0 saturated carbocycles. The maximum atomic E-state index is 9.43. The Morgan fingerprint density at radius 3 is 2.06 bits per heavy atom. The Bertz CT molecular complexity index is 189. The minimum Gasteiger partial charge on any atom is -0.392 e. The molecule has 3 nitrogen and oxygen atoms in total. The van der Waals surface area contributed by atoms with Gasteiger partial charge in [0.05, 0.1) is 6.10 Å². The second kappa shape index (κ2) is 8.06. The molecule has 104 valence electrons. The summed E-state index contributed by atoms with van der Waals surface area (Å²) in [5, 5.41) is 13.0. The third-order valence-corrected chi connectivity index (χ3v) is 3.57. The van der Waals surface area contributed by atoms with E-state index in [1.165, 1.54) is 12.8 Å². The molecule has 1 unspecified atom stereocenters. The molecule has 0 aliphatic heterocycles. The summed E-state index contributed by atoms with van der Waals surface area (Å²) < 4.78 is 0. The van der Waals surface area contributed by atoms with Crippen LogP contribution in [0.1, 0.15) is 47.5 Å². The van der Waals surface area contributed by atoms with Gasteiger partial charge in [-0.2, -0.15) is 0 Å². The summed E-state index contributed by atoms with van der Waals surface area (Å²) in [6.07, 6.45) is 2.10. The molecular weight excluding hydrogens is 212 g/mol. The van der Waals surface area contributed by atoms with E-state index in [1.54, 1.807) is 0 Å². The first-order valence-electron chi connectivity index (χ1n) is 6.95. The van der Waals surface area contributed by atoms with Crippen molar-refractivity contribution >= 4 is 0 Å². The highest BCUT2D eigenvalue weighted by atomic mass is 16.3. The van der Waals surface area contributed by atoms with Gasteiger partial charge in [-0.15, -0.1) is 0 Å². The molecule has 0 aliphatic carbocycles. The fourth-order valence-corrected chi connectivity index (χ4v) is 2.29. The van der Waals surface area contributed by atoms with Gasteiger partial charge in [0.25, 0.3) is 0 Å². The molecule has 1 atom stereocenters. The van der Waals surface area contributed by atoms with E-state index < -0.39 is 0 Å². The SMILES string of the molecule is CCC(CC)(CNC(C)C)CN(C)CC(C)O. The smallest absolute Gasteiger partial charge is 0.0638 e. The van der Waals surface area contributed by atoms with E-state index in [0.29, 0.717) is 11.5 Å². The highest BCUT2D eigenvalue weighted by molar-refractivity contribution is 4.83. The van der Waals surface area contributed by atoms with Crippen LogP contribution < -0.4 is 5.32 Å². The number of likely N-dealkylation sites (N-methyl/N-ethyl adjacent to an activating group) is 1. The van der Waals surface area contributed by atoms with E-state index in [4.69, 9.17) is 0 Å². The first-order valence-corrected chi connectivity index (χ1v) is 6.95. The van der Waals surface area contributed by atoms with Crippen molar-refractivity contribution < 1.29 is 5.11 Å². The van der Waals surface area contributed by atoms with Crippen LogP contribution in [0.4, 0.5) is 0 Å². The molecule has 0 bridgehead atoms. The summed E-state index contributed by atoms with van der Waals surface area (Å²) in [6, 6.07) is 0.537. The molecule has 17 heavy (non-hydrogen) atoms. The standard InChI is InChI=1S/C14H32N2O/c1-7-14(8-2,10-15-12(3)4)11-16(6)9-13(5)17/h12-13,15,17H,7-11H2,1-6H3. The van der Waals surface area contributed by atoms with Crippen LogP contribution >= 0.6 is 0 Å². The molecular formula is C14H32N2O. The topological polar surface area (TPSA) is 35.5 Å². The van der Waals surface area contributed by atoms with E-state index in [0.717, 1.165) is 19.6 Å². The van der Waals surface area contributed by atoms with E-state index in [9.17, 15) is 5.11 Å². The van der Waals surface area contributed by atoms with E-state index in [2.05, 4.69) is 45.0 Å². The molecule has 0 amide bonds. The predicted octanol–water partition coefficient (Wildman–Crippen LogP) is 2.10. The molecule has 0 aliphatic rings. The molecule has 0 aromatic heterocycles. The van der Waals surface area contributed by atoms with Crippen LogP contribution in [0, 0.1) is 5.41 Å². The van der Waals surface area contributed by atoms with Crippen molar-refractivity contribution in [3.63, 3.8) is 0 Å². The second-order valence-corrected chi connectivity index (χ2v) is 5.79. The van der Waals surface area contributed by atoms with Gasteiger partial charge in [0.2, 0.25) is 0 Å². The number of aliphatic hydroxyl groups excluding tert-OH is 1. The largest absolute Gasteiger partial charge is 0.392 e. The summed E-state index contributed by atoms with van der Waals surface area (Å²) >= 11 is 0. The number of hydrogen-bond donors (Lipinski definition) is 2. The zero-order chi connectivity index (χ0) is 13.5. The lowest BCUT2D eigenvalue weighted by Crippen LogP contribution is -2.45. The van der Waals surface area contributed by atoms with Crippen molar-refractivity contribution in [1.82, 2.24) is 10.2 Å². The van der Waals surface area contributed by atoms with Gasteiger partial charge >= 0.3 is 0 Å². The highest BCUT2D eigenvalue weighted by Gasteiger charge is 2.27. The number of nitrogens with zero attached hydrogens (tertiary/aromatic N) is 1. The third-order valence-electron chi connectivity index (χ3n) is 3.57. The van der Waals surface area contributed by atoms with E-state index in [1.807, 2.05) is 6.92 Å². The van der Waals surface area contributed by atoms with E-state index >= 15 is 0 Å². The van der Waals surface area contributed by atoms with Crippen LogP contribution in [0.2, 0.25) is 0 Å². The number of aliphatic hydroxyl groups is 1. The number of rotatable bonds is 9. The van der Waals surface area contributed by atoms with Crippen LogP contribution in [-0.2, 0) is 0 Å². The van der Waals surface area contributed by atoms with Gasteiger partial charge < -0.3 is 15.3 Å². The Morgan fingerprint density at radius 2 is 1.71 bits per heavy atom. The van der Waals surface area contributed by atoms with Crippen molar-refractivity contribution in [3.05, 3.63) is 0 Å². The van der Waals surface area contributed by atoms with Crippen molar-refractivity contribution in [3.8, 4) is 0 Å². The highest BCUT2D eigenvalue weighted by Crippen LogP contribution is 2.26. The predicted molar refractivity (Wildman–Crippen MR) is 75.3 cm³/mol. The van der Waals surface area contributed by atoms with E-state index in [-0.39, 0.29) is 6.10 Å². The molecule has 0 rings (SSSR count). The van der Waals surface area contributed by atoms with Crippen molar-refractivity contribution in [2.75, 3.05) is 26.7 Å². The van der Waals surface area contributed by atoms with Gasteiger partial charge in [-0.1, -0.05) is 27.7 Å².